The van der Waals surface area contributed by atoms with Gasteiger partial charge in [-0.3, -0.25) is 9.59 Å². The molecular formula is C14H16N2O2. The van der Waals surface area contributed by atoms with Crippen molar-refractivity contribution >= 4 is 23.6 Å². The van der Waals surface area contributed by atoms with Crippen molar-refractivity contribution in [2.75, 3.05) is 6.54 Å². The standard InChI is InChI=1S/C14H16N2O2/c1-11-7-13-4-3-12(9-17)8-14(13)16(11)6-2-5-15-10-18/h3-4,7-10H,2,5-6H2,1H3,(H,15,18). The van der Waals surface area contributed by atoms with Crippen LogP contribution in [0.5, 0.6) is 0 Å². The molecular weight excluding hydrogens is 228 g/mol. The van der Waals surface area contributed by atoms with E-state index in [1.165, 1.54) is 5.69 Å². The van der Waals surface area contributed by atoms with Gasteiger partial charge in [0.05, 0.1) is 0 Å². The van der Waals surface area contributed by atoms with Gasteiger partial charge in [0.1, 0.15) is 6.29 Å². The topological polar surface area (TPSA) is 51.1 Å². The molecule has 18 heavy (non-hydrogen) atoms. The maximum absolute atomic E-state index is 10.8. The molecule has 94 valence electrons. The van der Waals surface area contributed by atoms with Gasteiger partial charge in [0.25, 0.3) is 0 Å². The van der Waals surface area contributed by atoms with Gasteiger partial charge in [-0.2, -0.15) is 0 Å². The molecule has 0 aliphatic heterocycles. The fraction of sp³-hybridized carbons (Fsp3) is 0.286. The zero-order chi connectivity index (χ0) is 13.0. The number of carbonyl (C=O) groups excluding carboxylic acids is 2. The SMILES string of the molecule is Cc1cc2ccc(C=O)cc2n1CCCNC=O. The lowest BCUT2D eigenvalue weighted by Gasteiger charge is -2.08. The van der Waals surface area contributed by atoms with Crippen LogP contribution in [-0.2, 0) is 11.3 Å². The number of benzene rings is 1. The van der Waals surface area contributed by atoms with Gasteiger partial charge in [-0.15, -0.1) is 0 Å². The van der Waals surface area contributed by atoms with Crippen LogP contribution in [-0.4, -0.2) is 23.8 Å². The Morgan fingerprint density at radius 1 is 1.28 bits per heavy atom. The first-order chi connectivity index (χ1) is 8.76. The first-order valence-electron chi connectivity index (χ1n) is 5.98. The molecule has 2 rings (SSSR count). The average Bonchev–Trinajstić information content (AvgIpc) is 2.70. The Balaban J connectivity index is 2.27. The lowest BCUT2D eigenvalue weighted by Crippen LogP contribution is -2.14. The number of aryl methyl sites for hydroxylation is 2. The van der Waals surface area contributed by atoms with Crippen LogP contribution >= 0.6 is 0 Å². The Morgan fingerprint density at radius 2 is 2.11 bits per heavy atom. The van der Waals surface area contributed by atoms with E-state index in [1.54, 1.807) is 0 Å². The summed E-state index contributed by atoms with van der Waals surface area (Å²) in [6, 6.07) is 7.80. The number of aromatic nitrogens is 1. The number of nitrogens with zero attached hydrogens (tertiary/aromatic N) is 1. The van der Waals surface area contributed by atoms with E-state index in [0.717, 1.165) is 30.2 Å². The second-order valence-electron chi connectivity index (χ2n) is 4.30. The molecule has 1 amide bonds. The summed E-state index contributed by atoms with van der Waals surface area (Å²) in [5.41, 5.74) is 2.93. The van der Waals surface area contributed by atoms with Crippen molar-refractivity contribution in [2.24, 2.45) is 0 Å². The number of fused-ring (bicyclic) bond motifs is 1. The Kier molecular flexibility index (Phi) is 3.77. The molecule has 0 aliphatic carbocycles. The van der Waals surface area contributed by atoms with Crippen LogP contribution in [0.2, 0.25) is 0 Å². The summed E-state index contributed by atoms with van der Waals surface area (Å²) >= 11 is 0. The third-order valence-corrected chi connectivity index (χ3v) is 3.06. The van der Waals surface area contributed by atoms with Crippen LogP contribution in [0.1, 0.15) is 22.5 Å². The Labute approximate surface area is 106 Å². The molecule has 0 aliphatic rings. The van der Waals surface area contributed by atoms with Gasteiger partial charge in [-0.1, -0.05) is 12.1 Å². The molecule has 4 nitrogen and oxygen atoms in total. The van der Waals surface area contributed by atoms with Crippen molar-refractivity contribution in [3.63, 3.8) is 0 Å². The van der Waals surface area contributed by atoms with Crippen LogP contribution in [0.25, 0.3) is 10.9 Å². The van der Waals surface area contributed by atoms with Gasteiger partial charge in [-0.05, 0) is 30.9 Å². The van der Waals surface area contributed by atoms with Crippen molar-refractivity contribution in [3.05, 3.63) is 35.5 Å². The molecule has 2 aromatic rings. The van der Waals surface area contributed by atoms with Gasteiger partial charge < -0.3 is 9.88 Å². The first-order valence-corrected chi connectivity index (χ1v) is 5.98. The van der Waals surface area contributed by atoms with E-state index in [0.29, 0.717) is 18.5 Å². The first kappa shape index (κ1) is 12.4. The molecule has 1 aromatic heterocycles. The summed E-state index contributed by atoms with van der Waals surface area (Å²) < 4.78 is 2.18. The highest BCUT2D eigenvalue weighted by atomic mass is 16.1. The minimum atomic E-state index is 0.663. The van der Waals surface area contributed by atoms with Crippen molar-refractivity contribution in [1.29, 1.82) is 0 Å². The zero-order valence-electron chi connectivity index (χ0n) is 10.3. The molecule has 0 unspecified atom stereocenters. The van der Waals surface area contributed by atoms with E-state index in [1.807, 2.05) is 25.1 Å². The molecule has 1 N–H and O–H groups in total. The highest BCUT2D eigenvalue weighted by molar-refractivity contribution is 5.88. The van der Waals surface area contributed by atoms with E-state index in [2.05, 4.69) is 16.0 Å². The predicted molar refractivity (Wildman–Crippen MR) is 70.7 cm³/mol. The van der Waals surface area contributed by atoms with Crippen molar-refractivity contribution in [2.45, 2.75) is 19.9 Å². The highest BCUT2D eigenvalue weighted by Crippen LogP contribution is 2.20. The molecule has 0 atom stereocenters. The largest absolute Gasteiger partial charge is 0.359 e. The summed E-state index contributed by atoms with van der Waals surface area (Å²) in [4.78, 5) is 21.0. The summed E-state index contributed by atoms with van der Waals surface area (Å²) in [7, 11) is 0. The lowest BCUT2D eigenvalue weighted by molar-refractivity contribution is -0.109. The van der Waals surface area contributed by atoms with Crippen LogP contribution in [0.4, 0.5) is 0 Å². The Morgan fingerprint density at radius 3 is 2.83 bits per heavy atom. The van der Waals surface area contributed by atoms with Crippen molar-refractivity contribution < 1.29 is 9.59 Å². The summed E-state index contributed by atoms with van der Waals surface area (Å²) in [6.07, 6.45) is 2.44. The smallest absolute Gasteiger partial charge is 0.207 e. The maximum Gasteiger partial charge on any atom is 0.207 e. The minimum Gasteiger partial charge on any atom is -0.359 e. The van der Waals surface area contributed by atoms with Gasteiger partial charge in [-0.25, -0.2) is 0 Å². The molecule has 0 spiro atoms. The average molecular weight is 244 g/mol. The quantitative estimate of drug-likeness (QED) is 0.623. The second kappa shape index (κ2) is 5.49. The van der Waals surface area contributed by atoms with E-state index < -0.39 is 0 Å². The molecule has 0 saturated heterocycles. The van der Waals surface area contributed by atoms with Crippen molar-refractivity contribution in [3.8, 4) is 0 Å². The van der Waals surface area contributed by atoms with Gasteiger partial charge in [0.15, 0.2) is 0 Å². The summed E-state index contributed by atoms with van der Waals surface area (Å²) in [5, 5.41) is 3.79. The zero-order valence-corrected chi connectivity index (χ0v) is 10.3. The summed E-state index contributed by atoms with van der Waals surface area (Å²) in [5.74, 6) is 0. The molecule has 1 heterocycles. The van der Waals surface area contributed by atoms with Gasteiger partial charge >= 0.3 is 0 Å². The fourth-order valence-corrected chi connectivity index (χ4v) is 2.18. The number of aldehydes is 1. The van der Waals surface area contributed by atoms with E-state index in [4.69, 9.17) is 0 Å². The lowest BCUT2D eigenvalue weighted by atomic mass is 10.2. The molecule has 0 bridgehead atoms. The van der Waals surface area contributed by atoms with Crippen LogP contribution < -0.4 is 5.32 Å². The second-order valence-corrected chi connectivity index (χ2v) is 4.30. The van der Waals surface area contributed by atoms with Crippen LogP contribution in [0, 0.1) is 6.92 Å². The summed E-state index contributed by atoms with van der Waals surface area (Å²) in [6.45, 7) is 3.54. The van der Waals surface area contributed by atoms with Crippen LogP contribution in [0.3, 0.4) is 0 Å². The highest BCUT2D eigenvalue weighted by Gasteiger charge is 2.05. The number of amides is 1. The number of rotatable bonds is 6. The molecule has 0 saturated carbocycles. The number of carbonyl (C=O) groups is 2. The Bertz CT molecular complexity index is 572. The molecule has 1 aromatic carbocycles. The third-order valence-electron chi connectivity index (χ3n) is 3.06. The number of hydrogen-bond acceptors (Lipinski definition) is 2. The molecule has 4 heteroatoms. The predicted octanol–water partition coefficient (Wildman–Crippen LogP) is 1.90. The Hall–Kier alpha value is -2.10. The van der Waals surface area contributed by atoms with E-state index in [-0.39, 0.29) is 0 Å². The molecule has 0 radical (unpaired) electrons. The van der Waals surface area contributed by atoms with Crippen molar-refractivity contribution in [1.82, 2.24) is 9.88 Å². The van der Waals surface area contributed by atoms with E-state index >= 15 is 0 Å². The van der Waals surface area contributed by atoms with E-state index in [9.17, 15) is 9.59 Å². The maximum atomic E-state index is 10.8. The van der Waals surface area contributed by atoms with Gasteiger partial charge in [0, 0.05) is 29.9 Å². The minimum absolute atomic E-state index is 0.663. The number of hydrogen-bond donors (Lipinski definition) is 1. The normalized spacial score (nSPS) is 10.5. The number of nitrogens with one attached hydrogen (secondary N) is 1. The third kappa shape index (κ3) is 2.42. The monoisotopic (exact) mass is 244 g/mol. The fourth-order valence-electron chi connectivity index (χ4n) is 2.18. The molecule has 0 fully saturated rings. The van der Waals surface area contributed by atoms with Crippen LogP contribution in [0.15, 0.2) is 24.3 Å². The van der Waals surface area contributed by atoms with Gasteiger partial charge in [0.2, 0.25) is 6.41 Å².